The first-order valence-electron chi connectivity index (χ1n) is 9.11. The second-order valence-electron chi connectivity index (χ2n) is 7.91. The molecule has 2 N–H and O–H groups in total. The average molecular weight is 419 g/mol. The van der Waals surface area contributed by atoms with Crippen molar-refractivity contribution >= 4 is 10.1 Å². The average Bonchev–Trinajstić information content (AvgIpc) is 2.57. The molecule has 2 aliphatic rings. The molecule has 2 saturated heterocycles. The summed E-state index contributed by atoms with van der Waals surface area (Å²) in [6, 6.07) is 4.82. The molecule has 2 heterocycles. The quantitative estimate of drug-likeness (QED) is 0.704. The van der Waals surface area contributed by atoms with Gasteiger partial charge in [-0.25, -0.2) is 0 Å². The van der Waals surface area contributed by atoms with Crippen molar-refractivity contribution in [1.82, 2.24) is 0 Å². The molecule has 0 atom stereocenters. The fraction of sp³-hybridized carbons (Fsp3) is 0.684. The Labute approximate surface area is 166 Å². The molecule has 0 unspecified atom stereocenters. The van der Waals surface area contributed by atoms with Crippen molar-refractivity contribution in [3.05, 3.63) is 29.3 Å². The van der Waals surface area contributed by atoms with E-state index in [0.29, 0.717) is 32.0 Å². The Morgan fingerprint density at radius 2 is 1.39 bits per heavy atom. The van der Waals surface area contributed by atoms with Gasteiger partial charge in [-0.3, -0.25) is 4.55 Å². The van der Waals surface area contributed by atoms with Gasteiger partial charge in [0, 0.05) is 5.92 Å². The summed E-state index contributed by atoms with van der Waals surface area (Å²) in [5.74, 6) is -1.36. The van der Waals surface area contributed by atoms with Crippen molar-refractivity contribution in [3.8, 4) is 0 Å². The predicted octanol–water partition coefficient (Wildman–Crippen LogP) is 2.24. The van der Waals surface area contributed by atoms with Crippen LogP contribution in [0.5, 0.6) is 0 Å². The van der Waals surface area contributed by atoms with Gasteiger partial charge >= 0.3 is 0 Å². The van der Waals surface area contributed by atoms with Gasteiger partial charge in [-0.05, 0) is 46.2 Å². The molecule has 0 radical (unpaired) electrons. The summed E-state index contributed by atoms with van der Waals surface area (Å²) >= 11 is 0. The number of benzene rings is 1. The van der Waals surface area contributed by atoms with Gasteiger partial charge in [0.1, 0.15) is 6.10 Å². The largest absolute Gasteiger partial charge is 0.388 e. The minimum Gasteiger partial charge on any atom is -0.388 e. The number of rotatable bonds is 2. The highest BCUT2D eigenvalue weighted by Crippen LogP contribution is 2.31. The molecule has 28 heavy (non-hydrogen) atoms. The van der Waals surface area contributed by atoms with Gasteiger partial charge in [-0.2, -0.15) is 8.42 Å². The van der Waals surface area contributed by atoms with Gasteiger partial charge in [0.2, 0.25) is 0 Å². The molecule has 2 fully saturated rings. The van der Waals surface area contributed by atoms with E-state index in [1.165, 1.54) is 6.07 Å². The van der Waals surface area contributed by atoms with Gasteiger partial charge in [-0.1, -0.05) is 17.7 Å². The minimum atomic E-state index is -4.24. The first kappa shape index (κ1) is 23.2. The molecule has 160 valence electrons. The lowest BCUT2D eigenvalue weighted by atomic mass is 9.98. The Balaban J connectivity index is 0.000000261. The second kappa shape index (κ2) is 8.74. The first-order valence-corrected chi connectivity index (χ1v) is 10.5. The smallest absolute Gasteiger partial charge is 0.294 e. The van der Waals surface area contributed by atoms with E-state index in [0.717, 1.165) is 5.56 Å². The molecule has 0 aromatic heterocycles. The summed E-state index contributed by atoms with van der Waals surface area (Å²) in [5.41, 5.74) is 1.46. The summed E-state index contributed by atoms with van der Waals surface area (Å²) in [6.07, 6.45) is -0.446. The summed E-state index contributed by atoms with van der Waals surface area (Å²) in [7, 11) is -4.24. The lowest BCUT2D eigenvalue weighted by Crippen LogP contribution is -2.41. The van der Waals surface area contributed by atoms with Crippen LogP contribution in [0.4, 0.5) is 0 Å². The van der Waals surface area contributed by atoms with E-state index < -0.39 is 27.8 Å². The summed E-state index contributed by atoms with van der Waals surface area (Å²) in [5, 5.41) is 8.89. The minimum absolute atomic E-state index is 0.0741. The van der Waals surface area contributed by atoms with E-state index in [2.05, 4.69) is 0 Å². The van der Waals surface area contributed by atoms with Crippen LogP contribution in [-0.4, -0.2) is 62.2 Å². The maximum absolute atomic E-state index is 11.4. The Kier molecular flexibility index (Phi) is 7.25. The van der Waals surface area contributed by atoms with Crippen LogP contribution in [-0.2, 0) is 29.1 Å². The molecule has 0 bridgehead atoms. The number of aryl methyl sites for hydroxylation is 1. The highest BCUT2D eigenvalue weighted by molar-refractivity contribution is 7.85. The Hall–Kier alpha value is -1.07. The van der Waals surface area contributed by atoms with Crippen molar-refractivity contribution in [3.63, 3.8) is 0 Å². The monoisotopic (exact) mass is 418 g/mol. The van der Waals surface area contributed by atoms with E-state index >= 15 is 0 Å². The normalized spacial score (nSPS) is 23.0. The molecule has 3 rings (SSSR count). The van der Waals surface area contributed by atoms with E-state index in [1.807, 2.05) is 34.6 Å². The Bertz CT molecular complexity index is 752. The SMILES string of the molecule is CC1(C)OCC(O)CO1.Cc1ccc(S(=O)(=O)O)c(C2COC(C)(C)OC2)c1. The molecule has 1 aromatic rings. The molecule has 8 nitrogen and oxygen atoms in total. The van der Waals surface area contributed by atoms with E-state index in [1.54, 1.807) is 12.1 Å². The molecule has 2 aliphatic heterocycles. The number of ether oxygens (including phenoxy) is 4. The van der Waals surface area contributed by atoms with Crippen molar-refractivity contribution in [1.29, 1.82) is 0 Å². The first-order chi connectivity index (χ1) is 12.8. The van der Waals surface area contributed by atoms with Gasteiger partial charge in [0.15, 0.2) is 11.6 Å². The third kappa shape index (κ3) is 6.77. The number of aliphatic hydroxyl groups is 1. The van der Waals surface area contributed by atoms with Gasteiger partial charge in [-0.15, -0.1) is 0 Å². The van der Waals surface area contributed by atoms with Crippen LogP contribution < -0.4 is 0 Å². The van der Waals surface area contributed by atoms with E-state index in [-0.39, 0.29) is 10.8 Å². The zero-order valence-electron chi connectivity index (χ0n) is 17.0. The summed E-state index contributed by atoms with van der Waals surface area (Å²) in [4.78, 5) is -0.0741. The maximum Gasteiger partial charge on any atom is 0.294 e. The van der Waals surface area contributed by atoms with Gasteiger partial charge in [0.25, 0.3) is 10.1 Å². The Morgan fingerprint density at radius 1 is 0.929 bits per heavy atom. The number of aliphatic hydroxyl groups excluding tert-OH is 1. The number of hydrogen-bond donors (Lipinski definition) is 2. The zero-order chi connectivity index (χ0) is 21.2. The van der Waals surface area contributed by atoms with Crippen LogP contribution in [0, 0.1) is 6.92 Å². The second-order valence-corrected chi connectivity index (χ2v) is 9.30. The topological polar surface area (TPSA) is 112 Å². The van der Waals surface area contributed by atoms with Crippen LogP contribution in [0.3, 0.4) is 0 Å². The van der Waals surface area contributed by atoms with Crippen molar-refractivity contribution in [2.45, 2.75) is 63.1 Å². The van der Waals surface area contributed by atoms with Crippen molar-refractivity contribution < 1.29 is 37.0 Å². The molecule has 9 heteroatoms. The van der Waals surface area contributed by atoms with Crippen LogP contribution in [0.1, 0.15) is 44.7 Å². The maximum atomic E-state index is 11.4. The standard InChI is InChI=1S/C13H18O5S.C6H12O3/c1-9-4-5-12(19(14,15)16)11(6-9)10-7-17-13(2,3)18-8-10;1-6(2)8-3-5(7)4-9-6/h4-6,10H,7-8H2,1-3H3,(H,14,15,16);5,7H,3-4H2,1-2H3. The fourth-order valence-corrected chi connectivity index (χ4v) is 3.54. The van der Waals surface area contributed by atoms with Gasteiger partial charge < -0.3 is 24.1 Å². The van der Waals surface area contributed by atoms with Crippen LogP contribution in [0.2, 0.25) is 0 Å². The molecule has 0 spiro atoms. The summed E-state index contributed by atoms with van der Waals surface area (Å²) in [6.45, 7) is 10.6. The summed E-state index contributed by atoms with van der Waals surface area (Å²) < 4.78 is 53.4. The third-order valence-corrected chi connectivity index (χ3v) is 5.32. The third-order valence-electron chi connectivity index (χ3n) is 4.39. The van der Waals surface area contributed by atoms with Crippen molar-refractivity contribution in [2.24, 2.45) is 0 Å². The highest BCUT2D eigenvalue weighted by atomic mass is 32.2. The van der Waals surface area contributed by atoms with Crippen LogP contribution in [0.15, 0.2) is 23.1 Å². The predicted molar refractivity (Wildman–Crippen MR) is 102 cm³/mol. The molecule has 0 saturated carbocycles. The molecule has 0 amide bonds. The molecule has 0 aliphatic carbocycles. The zero-order valence-corrected chi connectivity index (χ0v) is 17.8. The van der Waals surface area contributed by atoms with E-state index in [4.69, 9.17) is 24.1 Å². The highest BCUT2D eigenvalue weighted by Gasteiger charge is 2.32. The van der Waals surface area contributed by atoms with Crippen molar-refractivity contribution in [2.75, 3.05) is 26.4 Å². The van der Waals surface area contributed by atoms with E-state index in [9.17, 15) is 13.0 Å². The Morgan fingerprint density at radius 3 is 1.82 bits per heavy atom. The lowest BCUT2D eigenvalue weighted by molar-refractivity contribution is -0.272. The number of hydrogen-bond acceptors (Lipinski definition) is 7. The van der Waals surface area contributed by atoms with Crippen LogP contribution in [0.25, 0.3) is 0 Å². The van der Waals surface area contributed by atoms with Gasteiger partial charge in [0.05, 0.1) is 31.3 Å². The molecular weight excluding hydrogens is 388 g/mol. The lowest BCUT2D eigenvalue weighted by Gasteiger charge is -2.35. The molecular formula is C19H30O8S. The molecule has 1 aromatic carbocycles. The fourth-order valence-electron chi connectivity index (χ4n) is 2.78. The van der Waals surface area contributed by atoms with Crippen LogP contribution >= 0.6 is 0 Å².